The number of methoxy groups -OCH3 is 2. The largest absolute Gasteiger partial charge is 0.494 e. The molecule has 2 atom stereocenters. The van der Waals surface area contributed by atoms with Gasteiger partial charge in [-0.2, -0.15) is 0 Å². The molecule has 1 fully saturated rings. The lowest BCUT2D eigenvalue weighted by atomic mass is 9.92. The van der Waals surface area contributed by atoms with E-state index in [0.717, 1.165) is 24.9 Å². The first-order chi connectivity index (χ1) is 9.65. The van der Waals surface area contributed by atoms with E-state index in [4.69, 9.17) is 9.47 Å². The fraction of sp³-hybridized carbons (Fsp3) is 0.571. The monoisotopic (exact) mass is 280 g/mol. The zero-order chi connectivity index (χ0) is 14.5. The van der Waals surface area contributed by atoms with Gasteiger partial charge in [0.1, 0.15) is 5.75 Å². The minimum Gasteiger partial charge on any atom is -0.494 e. The number of nitrogens with one attached hydrogen (secondary N) is 1. The van der Waals surface area contributed by atoms with Gasteiger partial charge in [-0.05, 0) is 18.9 Å². The molecule has 1 aromatic rings. The van der Waals surface area contributed by atoms with E-state index in [-0.39, 0.29) is 17.8 Å². The highest BCUT2D eigenvalue weighted by molar-refractivity contribution is 5.61. The highest BCUT2D eigenvalue weighted by atomic mass is 16.6. The Hall–Kier alpha value is -1.82. The lowest BCUT2D eigenvalue weighted by Crippen LogP contribution is -2.37. The van der Waals surface area contributed by atoms with Crippen molar-refractivity contribution >= 4 is 11.4 Å². The number of benzene rings is 1. The van der Waals surface area contributed by atoms with Gasteiger partial charge in [-0.1, -0.05) is 12.8 Å². The molecule has 110 valence electrons. The molecule has 1 aliphatic rings. The van der Waals surface area contributed by atoms with Crippen LogP contribution in [0.25, 0.3) is 0 Å². The number of hydrogen-bond donors (Lipinski definition) is 1. The summed E-state index contributed by atoms with van der Waals surface area (Å²) in [5, 5.41) is 14.2. The van der Waals surface area contributed by atoms with Gasteiger partial charge in [0.2, 0.25) is 0 Å². The number of nitro groups is 1. The first-order valence-electron chi connectivity index (χ1n) is 6.77. The highest BCUT2D eigenvalue weighted by Gasteiger charge is 2.25. The van der Waals surface area contributed by atoms with Crippen molar-refractivity contribution in [1.82, 2.24) is 0 Å². The molecule has 6 nitrogen and oxygen atoms in total. The zero-order valence-electron chi connectivity index (χ0n) is 11.8. The lowest BCUT2D eigenvalue weighted by molar-refractivity contribution is -0.384. The smallest absolute Gasteiger partial charge is 0.273 e. The topological polar surface area (TPSA) is 73.6 Å². The normalized spacial score (nSPS) is 22.3. The second-order valence-corrected chi connectivity index (χ2v) is 4.95. The third-order valence-corrected chi connectivity index (χ3v) is 3.74. The first-order valence-corrected chi connectivity index (χ1v) is 6.77. The molecule has 0 heterocycles. The molecular formula is C14H20N2O4. The van der Waals surface area contributed by atoms with Crippen LogP contribution in [0.1, 0.15) is 25.7 Å². The third-order valence-electron chi connectivity index (χ3n) is 3.74. The molecule has 1 N–H and O–H groups in total. The number of nitro benzene ring substituents is 1. The standard InChI is InChI=1S/C14H20N2O4/c1-19-13-6-4-3-5-11(13)15-12-8-7-10(16(17)18)9-14(12)20-2/h7-9,11,13,15H,3-6H2,1-2H3. The van der Waals surface area contributed by atoms with Crippen LogP contribution in [-0.2, 0) is 4.74 Å². The lowest BCUT2D eigenvalue weighted by Gasteiger charge is -2.32. The van der Waals surface area contributed by atoms with Gasteiger partial charge in [-0.3, -0.25) is 10.1 Å². The maximum Gasteiger partial charge on any atom is 0.273 e. The summed E-state index contributed by atoms with van der Waals surface area (Å²) < 4.78 is 10.7. The van der Waals surface area contributed by atoms with Crippen LogP contribution in [-0.4, -0.2) is 31.3 Å². The van der Waals surface area contributed by atoms with Crippen LogP contribution in [0.2, 0.25) is 0 Å². The molecule has 1 aromatic carbocycles. The molecule has 2 rings (SSSR count). The molecule has 2 unspecified atom stereocenters. The Balaban J connectivity index is 2.17. The fourth-order valence-electron chi connectivity index (χ4n) is 2.66. The quantitative estimate of drug-likeness (QED) is 0.663. The summed E-state index contributed by atoms with van der Waals surface area (Å²) in [6.07, 6.45) is 4.56. The summed E-state index contributed by atoms with van der Waals surface area (Å²) in [4.78, 5) is 10.4. The van der Waals surface area contributed by atoms with Gasteiger partial charge in [0.25, 0.3) is 5.69 Å². The minimum atomic E-state index is -0.426. The van der Waals surface area contributed by atoms with Gasteiger partial charge < -0.3 is 14.8 Å². The predicted octanol–water partition coefficient (Wildman–Crippen LogP) is 2.97. The SMILES string of the molecule is COc1cc([N+](=O)[O-])ccc1NC1CCCCC1OC. The molecule has 1 saturated carbocycles. The Morgan fingerprint density at radius 2 is 2.05 bits per heavy atom. The first kappa shape index (κ1) is 14.6. The molecule has 0 aliphatic heterocycles. The molecule has 20 heavy (non-hydrogen) atoms. The van der Waals surface area contributed by atoms with Gasteiger partial charge in [0.15, 0.2) is 0 Å². The molecule has 0 radical (unpaired) electrons. The number of rotatable bonds is 5. The van der Waals surface area contributed by atoms with Crippen LogP contribution in [0.4, 0.5) is 11.4 Å². The Morgan fingerprint density at radius 1 is 1.30 bits per heavy atom. The fourth-order valence-corrected chi connectivity index (χ4v) is 2.66. The van der Waals surface area contributed by atoms with Crippen molar-refractivity contribution < 1.29 is 14.4 Å². The maximum absolute atomic E-state index is 10.8. The van der Waals surface area contributed by atoms with Crippen molar-refractivity contribution in [3.8, 4) is 5.75 Å². The van der Waals surface area contributed by atoms with Crippen molar-refractivity contribution in [3.05, 3.63) is 28.3 Å². The minimum absolute atomic E-state index is 0.0272. The number of non-ortho nitro benzene ring substituents is 1. The van der Waals surface area contributed by atoms with Crippen LogP contribution >= 0.6 is 0 Å². The second-order valence-electron chi connectivity index (χ2n) is 4.95. The molecular weight excluding hydrogens is 260 g/mol. The summed E-state index contributed by atoms with van der Waals surface area (Å²) in [6.45, 7) is 0. The predicted molar refractivity (Wildman–Crippen MR) is 76.3 cm³/mol. The van der Waals surface area contributed by atoms with E-state index in [1.165, 1.54) is 25.7 Å². The number of nitrogens with zero attached hydrogens (tertiary/aromatic N) is 1. The van der Waals surface area contributed by atoms with E-state index in [0.29, 0.717) is 5.75 Å². The Labute approximate surface area is 118 Å². The van der Waals surface area contributed by atoms with Crippen molar-refractivity contribution in [2.24, 2.45) is 0 Å². The third kappa shape index (κ3) is 3.19. The Kier molecular flexibility index (Phi) is 4.79. The summed E-state index contributed by atoms with van der Waals surface area (Å²) in [5.74, 6) is 0.486. The maximum atomic E-state index is 10.8. The van der Waals surface area contributed by atoms with E-state index >= 15 is 0 Å². The van der Waals surface area contributed by atoms with E-state index in [9.17, 15) is 10.1 Å². The Morgan fingerprint density at radius 3 is 2.70 bits per heavy atom. The average Bonchev–Trinajstić information content (AvgIpc) is 2.48. The van der Waals surface area contributed by atoms with Crippen molar-refractivity contribution in [2.45, 2.75) is 37.8 Å². The zero-order valence-corrected chi connectivity index (χ0v) is 11.8. The van der Waals surface area contributed by atoms with Gasteiger partial charge in [-0.25, -0.2) is 0 Å². The van der Waals surface area contributed by atoms with E-state index in [1.807, 2.05) is 0 Å². The van der Waals surface area contributed by atoms with Gasteiger partial charge in [-0.15, -0.1) is 0 Å². The van der Waals surface area contributed by atoms with Crippen LogP contribution in [0.15, 0.2) is 18.2 Å². The highest BCUT2D eigenvalue weighted by Crippen LogP contribution is 2.32. The summed E-state index contributed by atoms with van der Waals surface area (Å²) in [5.41, 5.74) is 0.798. The van der Waals surface area contributed by atoms with Crippen LogP contribution in [0, 0.1) is 10.1 Å². The van der Waals surface area contributed by atoms with E-state index in [2.05, 4.69) is 5.32 Å². The van der Waals surface area contributed by atoms with Crippen LogP contribution in [0.5, 0.6) is 5.75 Å². The number of ether oxygens (including phenoxy) is 2. The van der Waals surface area contributed by atoms with Crippen LogP contribution < -0.4 is 10.1 Å². The van der Waals surface area contributed by atoms with Gasteiger partial charge in [0, 0.05) is 13.2 Å². The molecule has 0 aromatic heterocycles. The van der Waals surface area contributed by atoms with Crippen molar-refractivity contribution in [1.29, 1.82) is 0 Å². The summed E-state index contributed by atoms with van der Waals surface area (Å²) in [7, 11) is 3.23. The Bertz CT molecular complexity index is 478. The molecule has 0 spiro atoms. The summed E-state index contributed by atoms with van der Waals surface area (Å²) >= 11 is 0. The molecule has 0 saturated heterocycles. The molecule has 0 bridgehead atoms. The molecule has 1 aliphatic carbocycles. The van der Waals surface area contributed by atoms with Gasteiger partial charge in [0.05, 0.1) is 35.9 Å². The van der Waals surface area contributed by atoms with Crippen LogP contribution in [0.3, 0.4) is 0 Å². The van der Waals surface area contributed by atoms with Crippen molar-refractivity contribution in [2.75, 3.05) is 19.5 Å². The number of hydrogen-bond acceptors (Lipinski definition) is 5. The second kappa shape index (κ2) is 6.56. The van der Waals surface area contributed by atoms with Gasteiger partial charge >= 0.3 is 0 Å². The van der Waals surface area contributed by atoms with E-state index < -0.39 is 4.92 Å². The number of anilines is 1. The average molecular weight is 280 g/mol. The molecule has 6 heteroatoms. The summed E-state index contributed by atoms with van der Waals surface area (Å²) in [6, 6.07) is 4.82. The van der Waals surface area contributed by atoms with E-state index in [1.54, 1.807) is 13.2 Å². The molecule has 0 amide bonds. The van der Waals surface area contributed by atoms with Crippen molar-refractivity contribution in [3.63, 3.8) is 0 Å².